The van der Waals surface area contributed by atoms with Gasteiger partial charge in [-0.1, -0.05) is 45.0 Å². The molecular formula is C20H21F2NO4. The van der Waals surface area contributed by atoms with Gasteiger partial charge < -0.3 is 14.8 Å². The molecule has 1 N–H and O–H groups in total. The predicted octanol–water partition coefficient (Wildman–Crippen LogP) is 4.38. The smallest absolute Gasteiger partial charge is 0.465 e. The molecule has 144 valence electrons. The number of rotatable bonds is 5. The Labute approximate surface area is 156 Å². The highest BCUT2D eigenvalue weighted by Crippen LogP contribution is 2.28. The van der Waals surface area contributed by atoms with Crippen LogP contribution in [0.3, 0.4) is 0 Å². The molecule has 2 aromatic carbocycles. The van der Waals surface area contributed by atoms with Crippen molar-refractivity contribution in [2.75, 3.05) is 12.4 Å². The molecule has 2 rings (SSSR count). The molecule has 0 aromatic heterocycles. The van der Waals surface area contributed by atoms with Crippen molar-refractivity contribution in [3.05, 3.63) is 59.7 Å². The van der Waals surface area contributed by atoms with Crippen LogP contribution in [0.15, 0.2) is 48.5 Å². The third-order valence-corrected chi connectivity index (χ3v) is 3.81. The SMILES string of the molecule is COC(=O)c1ccccc1NC(=O)C(F)(F)Oc1ccc(C(C)(C)C)cc1. The first-order valence-corrected chi connectivity index (χ1v) is 8.21. The third kappa shape index (κ3) is 5.03. The minimum Gasteiger partial charge on any atom is -0.465 e. The maximum atomic E-state index is 14.2. The molecule has 5 nitrogen and oxygen atoms in total. The fourth-order valence-electron chi connectivity index (χ4n) is 2.29. The number of methoxy groups -OCH3 is 1. The zero-order chi connectivity index (χ0) is 20.2. The van der Waals surface area contributed by atoms with Gasteiger partial charge >= 0.3 is 18.0 Å². The highest BCUT2D eigenvalue weighted by atomic mass is 19.3. The van der Waals surface area contributed by atoms with Crippen molar-refractivity contribution in [1.82, 2.24) is 0 Å². The molecular weight excluding hydrogens is 356 g/mol. The highest BCUT2D eigenvalue weighted by Gasteiger charge is 2.42. The van der Waals surface area contributed by atoms with E-state index in [-0.39, 0.29) is 22.4 Å². The molecule has 7 heteroatoms. The van der Waals surface area contributed by atoms with Crippen molar-refractivity contribution in [2.24, 2.45) is 0 Å². The second-order valence-electron chi connectivity index (χ2n) is 6.88. The lowest BCUT2D eigenvalue weighted by Gasteiger charge is -2.21. The van der Waals surface area contributed by atoms with Crippen LogP contribution in [-0.4, -0.2) is 25.1 Å². The third-order valence-electron chi connectivity index (χ3n) is 3.81. The molecule has 0 heterocycles. The van der Waals surface area contributed by atoms with Gasteiger partial charge in [0, 0.05) is 0 Å². The number of halogens is 2. The van der Waals surface area contributed by atoms with Crippen molar-refractivity contribution >= 4 is 17.6 Å². The van der Waals surface area contributed by atoms with Crippen LogP contribution < -0.4 is 10.1 Å². The lowest BCUT2D eigenvalue weighted by molar-refractivity contribution is -0.187. The number of benzene rings is 2. The fraction of sp³-hybridized carbons (Fsp3) is 0.300. The van der Waals surface area contributed by atoms with Gasteiger partial charge in [-0.15, -0.1) is 0 Å². The van der Waals surface area contributed by atoms with Crippen LogP contribution >= 0.6 is 0 Å². The van der Waals surface area contributed by atoms with Gasteiger partial charge in [0.05, 0.1) is 18.4 Å². The maximum absolute atomic E-state index is 14.2. The molecule has 0 spiro atoms. The monoisotopic (exact) mass is 377 g/mol. The molecule has 27 heavy (non-hydrogen) atoms. The van der Waals surface area contributed by atoms with Gasteiger partial charge in [0.1, 0.15) is 5.75 Å². The van der Waals surface area contributed by atoms with Crippen molar-refractivity contribution in [1.29, 1.82) is 0 Å². The van der Waals surface area contributed by atoms with Crippen molar-refractivity contribution < 1.29 is 27.8 Å². The Morgan fingerprint density at radius 1 is 0.963 bits per heavy atom. The molecule has 0 aliphatic heterocycles. The average Bonchev–Trinajstić information content (AvgIpc) is 2.61. The number of hydrogen-bond donors (Lipinski definition) is 1. The molecule has 0 saturated carbocycles. The first kappa shape index (κ1) is 20.4. The summed E-state index contributed by atoms with van der Waals surface area (Å²) in [5.41, 5.74) is 0.657. The van der Waals surface area contributed by atoms with Crippen LogP contribution in [-0.2, 0) is 14.9 Å². The van der Waals surface area contributed by atoms with E-state index in [1.54, 1.807) is 12.1 Å². The van der Waals surface area contributed by atoms with E-state index in [2.05, 4.69) is 9.47 Å². The summed E-state index contributed by atoms with van der Waals surface area (Å²) < 4.78 is 37.5. The number of anilines is 1. The summed E-state index contributed by atoms with van der Waals surface area (Å²) in [5, 5.41) is 2.01. The Balaban J connectivity index is 2.15. The zero-order valence-corrected chi connectivity index (χ0v) is 15.5. The number of ether oxygens (including phenoxy) is 2. The van der Waals surface area contributed by atoms with Crippen molar-refractivity contribution in [3.8, 4) is 5.75 Å². The van der Waals surface area contributed by atoms with E-state index in [0.29, 0.717) is 0 Å². The van der Waals surface area contributed by atoms with Crippen molar-refractivity contribution in [3.63, 3.8) is 0 Å². The van der Waals surface area contributed by atoms with Crippen LogP contribution in [0, 0.1) is 0 Å². The number of carbonyl (C=O) groups excluding carboxylic acids is 2. The molecule has 0 aliphatic carbocycles. The summed E-state index contributed by atoms with van der Waals surface area (Å²) in [6.45, 7) is 5.97. The summed E-state index contributed by atoms with van der Waals surface area (Å²) >= 11 is 0. The van der Waals surface area contributed by atoms with E-state index in [1.807, 2.05) is 26.1 Å². The van der Waals surface area contributed by atoms with Crippen LogP contribution in [0.2, 0.25) is 0 Å². The van der Waals surface area contributed by atoms with Gasteiger partial charge in [0.25, 0.3) is 0 Å². The predicted molar refractivity (Wildman–Crippen MR) is 97.1 cm³/mol. The Bertz CT molecular complexity index is 827. The number of carbonyl (C=O) groups is 2. The molecule has 0 saturated heterocycles. The highest BCUT2D eigenvalue weighted by molar-refractivity contribution is 6.02. The number of alkyl halides is 2. The van der Waals surface area contributed by atoms with Crippen LogP contribution in [0.4, 0.5) is 14.5 Å². The second-order valence-corrected chi connectivity index (χ2v) is 6.88. The first-order chi connectivity index (χ1) is 12.5. The van der Waals surface area contributed by atoms with E-state index in [0.717, 1.165) is 12.7 Å². The summed E-state index contributed by atoms with van der Waals surface area (Å²) in [4.78, 5) is 23.7. The van der Waals surface area contributed by atoms with Crippen LogP contribution in [0.5, 0.6) is 5.75 Å². The van der Waals surface area contributed by atoms with Gasteiger partial charge in [0.2, 0.25) is 0 Å². The Morgan fingerprint density at radius 2 is 1.56 bits per heavy atom. The molecule has 0 bridgehead atoms. The largest absolute Gasteiger partial charge is 0.482 e. The molecule has 0 radical (unpaired) electrons. The van der Waals surface area contributed by atoms with E-state index in [9.17, 15) is 18.4 Å². The molecule has 2 aromatic rings. The summed E-state index contributed by atoms with van der Waals surface area (Å²) in [6, 6.07) is 11.8. The number of para-hydroxylation sites is 1. The molecule has 0 unspecified atom stereocenters. The van der Waals surface area contributed by atoms with Crippen molar-refractivity contribution in [2.45, 2.75) is 32.3 Å². The van der Waals surface area contributed by atoms with E-state index in [1.165, 1.54) is 36.4 Å². The van der Waals surface area contributed by atoms with Gasteiger partial charge in [-0.3, -0.25) is 4.79 Å². The van der Waals surface area contributed by atoms with E-state index >= 15 is 0 Å². The van der Waals surface area contributed by atoms with E-state index < -0.39 is 18.0 Å². The maximum Gasteiger partial charge on any atom is 0.482 e. The summed E-state index contributed by atoms with van der Waals surface area (Å²) in [7, 11) is 1.15. The number of hydrogen-bond acceptors (Lipinski definition) is 4. The first-order valence-electron chi connectivity index (χ1n) is 8.21. The number of esters is 1. The lowest BCUT2D eigenvalue weighted by atomic mass is 9.87. The van der Waals surface area contributed by atoms with Gasteiger partial charge in [-0.05, 0) is 35.2 Å². The lowest BCUT2D eigenvalue weighted by Crippen LogP contribution is -2.40. The molecule has 1 amide bonds. The normalized spacial score (nSPS) is 11.6. The van der Waals surface area contributed by atoms with Crippen LogP contribution in [0.25, 0.3) is 0 Å². The van der Waals surface area contributed by atoms with Crippen LogP contribution in [0.1, 0.15) is 36.7 Å². The summed E-state index contributed by atoms with van der Waals surface area (Å²) in [5.74, 6) is -2.60. The molecule has 0 atom stereocenters. The Morgan fingerprint density at radius 3 is 2.11 bits per heavy atom. The zero-order valence-electron chi connectivity index (χ0n) is 15.5. The topological polar surface area (TPSA) is 64.6 Å². The average molecular weight is 377 g/mol. The Kier molecular flexibility index (Phi) is 5.83. The van der Waals surface area contributed by atoms with Gasteiger partial charge in [-0.2, -0.15) is 8.78 Å². The quantitative estimate of drug-likeness (QED) is 0.786. The number of nitrogens with one attached hydrogen (secondary N) is 1. The fourth-order valence-corrected chi connectivity index (χ4v) is 2.29. The van der Waals surface area contributed by atoms with E-state index in [4.69, 9.17) is 0 Å². The Hall–Kier alpha value is -2.96. The standard InChI is InChI=1S/C20H21F2NO4/c1-19(2,3)13-9-11-14(12-10-13)27-20(21,22)18(25)23-16-8-6-5-7-15(16)17(24)26-4/h5-12H,1-4H3,(H,23,25). The van der Waals surface area contributed by atoms with Gasteiger partial charge in [0.15, 0.2) is 0 Å². The number of amides is 1. The molecule has 0 fully saturated rings. The summed E-state index contributed by atoms with van der Waals surface area (Å²) in [6.07, 6.45) is -4.13. The minimum atomic E-state index is -4.13. The van der Waals surface area contributed by atoms with Gasteiger partial charge in [-0.25, -0.2) is 4.79 Å². The second kappa shape index (κ2) is 7.73. The molecule has 0 aliphatic rings. The minimum absolute atomic E-state index is 0.0429.